The molecule has 20 heavy (non-hydrogen) atoms. The fourth-order valence-corrected chi connectivity index (χ4v) is 3.12. The van der Waals surface area contributed by atoms with Gasteiger partial charge in [0.15, 0.2) is 9.84 Å². The van der Waals surface area contributed by atoms with E-state index >= 15 is 0 Å². The van der Waals surface area contributed by atoms with E-state index < -0.39 is 9.84 Å². The summed E-state index contributed by atoms with van der Waals surface area (Å²) >= 11 is 1.54. The predicted octanol–water partition coefficient (Wildman–Crippen LogP) is 1.73. The van der Waals surface area contributed by atoms with Crippen LogP contribution in [0.3, 0.4) is 0 Å². The number of hydrogen-bond acceptors (Lipinski definition) is 6. The molecule has 0 aromatic carbocycles. The van der Waals surface area contributed by atoms with Crippen LogP contribution in [0.1, 0.15) is 12.6 Å². The van der Waals surface area contributed by atoms with Gasteiger partial charge >= 0.3 is 0 Å². The molecule has 5 nitrogen and oxygen atoms in total. The van der Waals surface area contributed by atoms with Crippen molar-refractivity contribution in [3.8, 4) is 10.7 Å². The van der Waals surface area contributed by atoms with Gasteiger partial charge in [-0.25, -0.2) is 13.4 Å². The summed E-state index contributed by atoms with van der Waals surface area (Å²) in [5, 5.41) is 5.94. The van der Waals surface area contributed by atoms with Gasteiger partial charge in [-0.15, -0.1) is 11.3 Å². The highest BCUT2D eigenvalue weighted by atomic mass is 32.2. The number of rotatable bonds is 7. The van der Waals surface area contributed by atoms with E-state index in [0.717, 1.165) is 16.4 Å². The summed E-state index contributed by atoms with van der Waals surface area (Å²) in [5.41, 5.74) is 1.77. The van der Waals surface area contributed by atoms with E-state index in [4.69, 9.17) is 0 Å². The Morgan fingerprint density at radius 3 is 2.90 bits per heavy atom. The van der Waals surface area contributed by atoms with E-state index in [0.29, 0.717) is 13.1 Å². The van der Waals surface area contributed by atoms with Crippen LogP contribution in [0.5, 0.6) is 0 Å². The number of thiazole rings is 1. The van der Waals surface area contributed by atoms with Crippen molar-refractivity contribution in [1.29, 1.82) is 0 Å². The summed E-state index contributed by atoms with van der Waals surface area (Å²) < 4.78 is 22.7. The molecule has 0 spiro atoms. The van der Waals surface area contributed by atoms with Crippen LogP contribution < -0.4 is 5.32 Å². The van der Waals surface area contributed by atoms with Gasteiger partial charge in [0.1, 0.15) is 5.01 Å². The van der Waals surface area contributed by atoms with Crippen LogP contribution in [0.4, 0.5) is 0 Å². The summed E-state index contributed by atoms with van der Waals surface area (Å²) in [6, 6.07) is 5.72. The van der Waals surface area contributed by atoms with Gasteiger partial charge in [0.05, 0.1) is 17.1 Å². The predicted molar refractivity (Wildman–Crippen MR) is 81.4 cm³/mol. The molecule has 0 bridgehead atoms. The molecule has 2 aromatic heterocycles. The number of aromatic nitrogens is 2. The van der Waals surface area contributed by atoms with Crippen LogP contribution in [0, 0.1) is 0 Å². The molecule has 7 heteroatoms. The topological polar surface area (TPSA) is 72.0 Å². The second-order valence-electron chi connectivity index (χ2n) is 4.27. The second kappa shape index (κ2) is 6.92. The van der Waals surface area contributed by atoms with Crippen LogP contribution in [-0.2, 0) is 16.4 Å². The molecule has 2 rings (SSSR count). The van der Waals surface area contributed by atoms with Gasteiger partial charge in [0.2, 0.25) is 0 Å². The maximum atomic E-state index is 11.3. The molecule has 2 heterocycles. The number of nitrogens with zero attached hydrogens (tertiary/aromatic N) is 2. The van der Waals surface area contributed by atoms with Crippen molar-refractivity contribution in [1.82, 2.24) is 15.3 Å². The standard InChI is InChI=1S/C13H17N3O2S2/c1-2-20(17,18)8-7-14-9-11-10-19-13(16-11)12-5-3-4-6-15-12/h3-6,10,14H,2,7-9H2,1H3. The van der Waals surface area contributed by atoms with E-state index in [1.54, 1.807) is 13.1 Å². The van der Waals surface area contributed by atoms with Crippen LogP contribution >= 0.6 is 11.3 Å². The van der Waals surface area contributed by atoms with Gasteiger partial charge in [-0.2, -0.15) is 0 Å². The van der Waals surface area contributed by atoms with E-state index in [1.807, 2.05) is 23.6 Å². The Morgan fingerprint density at radius 1 is 1.35 bits per heavy atom. The first-order valence-electron chi connectivity index (χ1n) is 6.37. The van der Waals surface area contributed by atoms with Crippen LogP contribution in [-0.4, -0.2) is 36.4 Å². The molecule has 0 fully saturated rings. The van der Waals surface area contributed by atoms with Crippen molar-refractivity contribution in [3.05, 3.63) is 35.5 Å². The molecule has 0 aliphatic heterocycles. The third-order valence-corrected chi connectivity index (χ3v) is 5.39. The monoisotopic (exact) mass is 311 g/mol. The molecular formula is C13H17N3O2S2. The normalized spacial score (nSPS) is 11.7. The summed E-state index contributed by atoms with van der Waals surface area (Å²) in [6.45, 7) is 2.68. The maximum absolute atomic E-state index is 11.3. The van der Waals surface area contributed by atoms with Gasteiger partial charge in [0.25, 0.3) is 0 Å². The van der Waals surface area contributed by atoms with E-state index in [1.165, 1.54) is 11.3 Å². The molecule has 0 saturated heterocycles. The van der Waals surface area contributed by atoms with Crippen molar-refractivity contribution in [2.45, 2.75) is 13.5 Å². The first-order valence-corrected chi connectivity index (χ1v) is 9.08. The fourth-order valence-electron chi connectivity index (χ4n) is 1.58. The highest BCUT2D eigenvalue weighted by Gasteiger charge is 2.08. The molecule has 108 valence electrons. The van der Waals surface area contributed by atoms with E-state index in [2.05, 4.69) is 15.3 Å². The first kappa shape index (κ1) is 15.1. The lowest BCUT2D eigenvalue weighted by atomic mass is 10.4. The lowest BCUT2D eigenvalue weighted by molar-refractivity contribution is 0.591. The molecule has 0 aliphatic rings. The summed E-state index contributed by atoms with van der Waals surface area (Å²) in [6.07, 6.45) is 1.74. The molecule has 0 aliphatic carbocycles. The SMILES string of the molecule is CCS(=O)(=O)CCNCc1csc(-c2ccccn2)n1. The Kier molecular flexibility index (Phi) is 5.22. The minimum Gasteiger partial charge on any atom is -0.310 e. The summed E-state index contributed by atoms with van der Waals surface area (Å²) in [5.74, 6) is 0.357. The van der Waals surface area contributed by atoms with Gasteiger partial charge < -0.3 is 5.32 Å². The second-order valence-corrected chi connectivity index (χ2v) is 7.60. The molecule has 0 unspecified atom stereocenters. The van der Waals surface area contributed by atoms with Gasteiger partial charge in [-0.3, -0.25) is 4.98 Å². The Balaban J connectivity index is 1.85. The molecule has 2 aromatic rings. The van der Waals surface area contributed by atoms with E-state index in [9.17, 15) is 8.42 Å². The molecule has 0 saturated carbocycles. The Labute approximate surface area is 123 Å². The highest BCUT2D eigenvalue weighted by Crippen LogP contribution is 2.20. The van der Waals surface area contributed by atoms with Crippen LogP contribution in [0.25, 0.3) is 10.7 Å². The lowest BCUT2D eigenvalue weighted by Crippen LogP contribution is -2.23. The van der Waals surface area contributed by atoms with Gasteiger partial charge in [-0.05, 0) is 12.1 Å². The summed E-state index contributed by atoms with van der Waals surface area (Å²) in [7, 11) is -2.90. The zero-order valence-electron chi connectivity index (χ0n) is 11.2. The number of sulfone groups is 1. The molecule has 0 radical (unpaired) electrons. The van der Waals surface area contributed by atoms with Crippen molar-refractivity contribution in [2.75, 3.05) is 18.1 Å². The fraction of sp³-hybridized carbons (Fsp3) is 0.385. The average Bonchev–Trinajstić information content (AvgIpc) is 2.93. The average molecular weight is 311 g/mol. The molecular weight excluding hydrogens is 294 g/mol. The van der Waals surface area contributed by atoms with Crippen LogP contribution in [0.15, 0.2) is 29.8 Å². The molecule has 1 N–H and O–H groups in total. The Hall–Kier alpha value is -1.31. The van der Waals surface area contributed by atoms with Gasteiger partial charge in [0, 0.05) is 30.4 Å². The quantitative estimate of drug-likeness (QED) is 0.788. The molecule has 0 atom stereocenters. The Bertz CT molecular complexity index is 639. The number of pyridine rings is 1. The lowest BCUT2D eigenvalue weighted by Gasteiger charge is -2.02. The third kappa shape index (κ3) is 4.36. The summed E-state index contributed by atoms with van der Waals surface area (Å²) in [4.78, 5) is 8.73. The zero-order chi connectivity index (χ0) is 14.4. The van der Waals surface area contributed by atoms with Crippen LogP contribution in [0.2, 0.25) is 0 Å². The van der Waals surface area contributed by atoms with Crippen molar-refractivity contribution in [2.24, 2.45) is 0 Å². The number of nitrogens with one attached hydrogen (secondary N) is 1. The Morgan fingerprint density at radius 2 is 2.20 bits per heavy atom. The third-order valence-electron chi connectivity index (χ3n) is 2.77. The van der Waals surface area contributed by atoms with E-state index in [-0.39, 0.29) is 11.5 Å². The zero-order valence-corrected chi connectivity index (χ0v) is 12.9. The smallest absolute Gasteiger partial charge is 0.151 e. The van der Waals surface area contributed by atoms with Gasteiger partial charge in [-0.1, -0.05) is 13.0 Å². The van der Waals surface area contributed by atoms with Crippen molar-refractivity contribution >= 4 is 21.2 Å². The van der Waals surface area contributed by atoms with Crippen molar-refractivity contribution in [3.63, 3.8) is 0 Å². The number of hydrogen-bond donors (Lipinski definition) is 1. The minimum absolute atomic E-state index is 0.167. The highest BCUT2D eigenvalue weighted by molar-refractivity contribution is 7.91. The van der Waals surface area contributed by atoms with Crippen molar-refractivity contribution < 1.29 is 8.42 Å². The largest absolute Gasteiger partial charge is 0.310 e. The maximum Gasteiger partial charge on any atom is 0.151 e. The first-order chi connectivity index (χ1) is 9.61. The minimum atomic E-state index is -2.90. The molecule has 0 amide bonds.